The number of nitrogens with zero attached hydrogens (tertiary/aromatic N) is 3. The smallest absolute Gasteiger partial charge is 0.262 e. The van der Waals surface area contributed by atoms with E-state index in [1.807, 2.05) is 43.3 Å². The molecule has 2 aromatic carbocycles. The van der Waals surface area contributed by atoms with Gasteiger partial charge in [0.25, 0.3) is 5.56 Å². The van der Waals surface area contributed by atoms with Crippen LogP contribution >= 0.6 is 23.4 Å². The van der Waals surface area contributed by atoms with Gasteiger partial charge in [0.1, 0.15) is 0 Å². The predicted molar refractivity (Wildman–Crippen MR) is 131 cm³/mol. The first kappa shape index (κ1) is 23.2. The maximum absolute atomic E-state index is 13.1. The van der Waals surface area contributed by atoms with Crippen LogP contribution in [0.2, 0.25) is 5.02 Å². The highest BCUT2D eigenvalue weighted by Crippen LogP contribution is 2.22. The van der Waals surface area contributed by atoms with Crippen LogP contribution in [0.1, 0.15) is 20.3 Å². The Balaban J connectivity index is 1.79. The van der Waals surface area contributed by atoms with Crippen molar-refractivity contribution in [3.63, 3.8) is 0 Å². The highest BCUT2D eigenvalue weighted by molar-refractivity contribution is 7.99. The summed E-state index contributed by atoms with van der Waals surface area (Å²) < 4.78 is 1.67. The number of hydrogen-bond donors (Lipinski definition) is 1. The molecule has 164 valence electrons. The van der Waals surface area contributed by atoms with Crippen molar-refractivity contribution >= 4 is 51.5 Å². The van der Waals surface area contributed by atoms with Crippen LogP contribution in [0.15, 0.2) is 52.4 Å². The number of anilines is 2. The number of halogens is 1. The molecule has 1 aromatic heterocycles. The zero-order chi connectivity index (χ0) is 22.5. The van der Waals surface area contributed by atoms with E-state index >= 15 is 0 Å². The third kappa shape index (κ3) is 6.02. The highest BCUT2D eigenvalue weighted by atomic mass is 35.5. The summed E-state index contributed by atoms with van der Waals surface area (Å²) in [6.45, 7) is 4.78. The number of carbonyl (C=O) groups excluding carboxylic acids is 1. The zero-order valence-electron chi connectivity index (χ0n) is 18.2. The van der Waals surface area contributed by atoms with Crippen molar-refractivity contribution in [3.8, 4) is 0 Å². The van der Waals surface area contributed by atoms with E-state index in [0.29, 0.717) is 33.5 Å². The number of rotatable bonds is 8. The van der Waals surface area contributed by atoms with Crippen LogP contribution in [0, 0.1) is 5.92 Å². The molecule has 0 aliphatic carbocycles. The highest BCUT2D eigenvalue weighted by Gasteiger charge is 2.14. The van der Waals surface area contributed by atoms with E-state index < -0.39 is 0 Å². The normalized spacial score (nSPS) is 11.2. The Morgan fingerprint density at radius 2 is 1.90 bits per heavy atom. The van der Waals surface area contributed by atoms with E-state index in [2.05, 4.69) is 24.1 Å². The molecule has 1 N–H and O–H groups in total. The van der Waals surface area contributed by atoms with Crippen molar-refractivity contribution in [3.05, 3.63) is 57.8 Å². The van der Waals surface area contributed by atoms with Crippen LogP contribution < -0.4 is 15.8 Å². The Morgan fingerprint density at radius 3 is 2.55 bits per heavy atom. The van der Waals surface area contributed by atoms with Gasteiger partial charge in [-0.25, -0.2) is 4.98 Å². The summed E-state index contributed by atoms with van der Waals surface area (Å²) >= 11 is 7.35. The fraction of sp³-hybridized carbons (Fsp3) is 0.348. The van der Waals surface area contributed by atoms with Gasteiger partial charge in [-0.2, -0.15) is 0 Å². The number of thioether (sulfide) groups is 1. The fourth-order valence-corrected chi connectivity index (χ4v) is 4.03. The SMILES string of the molecule is CC(C)CCn1c(SCC(=O)Nc2ccc(N(C)C)cc2)nc2cc(Cl)ccc2c1=O. The molecule has 0 aliphatic rings. The molecule has 3 rings (SSSR count). The molecular weight excluding hydrogens is 432 g/mol. The Labute approximate surface area is 191 Å². The molecule has 31 heavy (non-hydrogen) atoms. The second-order valence-electron chi connectivity index (χ2n) is 7.97. The average molecular weight is 459 g/mol. The lowest BCUT2D eigenvalue weighted by Crippen LogP contribution is -2.25. The van der Waals surface area contributed by atoms with Gasteiger partial charge in [0.05, 0.1) is 16.7 Å². The number of benzene rings is 2. The van der Waals surface area contributed by atoms with E-state index in [-0.39, 0.29) is 17.2 Å². The van der Waals surface area contributed by atoms with Gasteiger partial charge in [0, 0.05) is 37.0 Å². The Morgan fingerprint density at radius 1 is 1.19 bits per heavy atom. The number of hydrogen-bond acceptors (Lipinski definition) is 5. The van der Waals surface area contributed by atoms with Gasteiger partial charge in [-0.15, -0.1) is 0 Å². The van der Waals surface area contributed by atoms with Crippen LogP contribution in [-0.2, 0) is 11.3 Å². The number of nitrogens with one attached hydrogen (secondary N) is 1. The third-order valence-electron chi connectivity index (χ3n) is 4.81. The minimum absolute atomic E-state index is 0.107. The monoisotopic (exact) mass is 458 g/mol. The van der Waals surface area contributed by atoms with E-state index in [1.54, 1.807) is 22.8 Å². The summed E-state index contributed by atoms with van der Waals surface area (Å²) in [7, 11) is 3.93. The lowest BCUT2D eigenvalue weighted by Gasteiger charge is -2.15. The number of amides is 1. The molecule has 0 unspecified atom stereocenters. The molecule has 0 spiro atoms. The molecule has 0 atom stereocenters. The first-order chi connectivity index (χ1) is 14.7. The molecule has 0 saturated heterocycles. The van der Waals surface area contributed by atoms with Crippen LogP contribution in [0.3, 0.4) is 0 Å². The Kier molecular flexibility index (Phi) is 7.62. The maximum atomic E-state index is 13.1. The molecule has 1 amide bonds. The molecule has 1 heterocycles. The minimum atomic E-state index is -0.154. The third-order valence-corrected chi connectivity index (χ3v) is 6.02. The number of aromatic nitrogens is 2. The van der Waals surface area contributed by atoms with Crippen molar-refractivity contribution < 1.29 is 4.79 Å². The largest absolute Gasteiger partial charge is 0.378 e. The molecule has 3 aromatic rings. The van der Waals surface area contributed by atoms with Gasteiger partial charge in [0.15, 0.2) is 5.16 Å². The lowest BCUT2D eigenvalue weighted by atomic mass is 10.1. The Hall–Kier alpha value is -2.51. The van der Waals surface area contributed by atoms with Gasteiger partial charge in [-0.05, 0) is 54.8 Å². The molecule has 6 nitrogen and oxygen atoms in total. The second kappa shape index (κ2) is 10.2. The van der Waals surface area contributed by atoms with Crippen LogP contribution in [0.25, 0.3) is 10.9 Å². The van der Waals surface area contributed by atoms with Crippen LogP contribution in [0.5, 0.6) is 0 Å². The number of carbonyl (C=O) groups is 1. The first-order valence-corrected chi connectivity index (χ1v) is 11.5. The van der Waals surface area contributed by atoms with Crippen molar-refractivity contribution in [2.45, 2.75) is 32.0 Å². The minimum Gasteiger partial charge on any atom is -0.378 e. The molecule has 0 radical (unpaired) electrons. The summed E-state index contributed by atoms with van der Waals surface area (Å²) in [6, 6.07) is 12.7. The van der Waals surface area contributed by atoms with Gasteiger partial charge in [0.2, 0.25) is 5.91 Å². The van der Waals surface area contributed by atoms with Crippen molar-refractivity contribution in [1.29, 1.82) is 0 Å². The van der Waals surface area contributed by atoms with Gasteiger partial charge in [-0.3, -0.25) is 14.2 Å². The van der Waals surface area contributed by atoms with Crippen molar-refractivity contribution in [2.75, 3.05) is 30.1 Å². The summed E-state index contributed by atoms with van der Waals surface area (Å²) in [6.07, 6.45) is 0.846. The topological polar surface area (TPSA) is 67.2 Å². The summed E-state index contributed by atoms with van der Waals surface area (Å²) in [5.74, 6) is 0.438. The second-order valence-corrected chi connectivity index (χ2v) is 9.35. The van der Waals surface area contributed by atoms with E-state index in [1.165, 1.54) is 11.8 Å². The van der Waals surface area contributed by atoms with Crippen molar-refractivity contribution in [1.82, 2.24) is 9.55 Å². The summed E-state index contributed by atoms with van der Waals surface area (Å²) in [4.78, 5) is 32.2. The van der Waals surface area contributed by atoms with Crippen LogP contribution in [-0.4, -0.2) is 35.3 Å². The lowest BCUT2D eigenvalue weighted by molar-refractivity contribution is -0.113. The standard InChI is InChI=1S/C23H27ClN4O2S/c1-15(2)11-12-28-22(30)19-10-5-16(24)13-20(19)26-23(28)31-14-21(29)25-17-6-8-18(9-7-17)27(3)4/h5-10,13,15H,11-12,14H2,1-4H3,(H,25,29). The molecular formula is C23H27ClN4O2S. The molecule has 0 aliphatic heterocycles. The van der Waals surface area contributed by atoms with Gasteiger partial charge >= 0.3 is 0 Å². The molecule has 8 heteroatoms. The quantitative estimate of drug-likeness (QED) is 0.384. The number of fused-ring (bicyclic) bond motifs is 1. The van der Waals surface area contributed by atoms with Gasteiger partial charge < -0.3 is 10.2 Å². The van der Waals surface area contributed by atoms with Crippen molar-refractivity contribution in [2.24, 2.45) is 5.92 Å². The molecule has 0 bridgehead atoms. The predicted octanol–water partition coefficient (Wildman–Crippen LogP) is 4.89. The molecule has 0 saturated carbocycles. The van der Waals surface area contributed by atoms with E-state index in [0.717, 1.165) is 17.8 Å². The first-order valence-electron chi connectivity index (χ1n) is 10.1. The average Bonchev–Trinajstić information content (AvgIpc) is 2.71. The van der Waals surface area contributed by atoms with E-state index in [9.17, 15) is 9.59 Å². The van der Waals surface area contributed by atoms with Gasteiger partial charge in [-0.1, -0.05) is 37.2 Å². The zero-order valence-corrected chi connectivity index (χ0v) is 19.8. The van der Waals surface area contributed by atoms with E-state index in [4.69, 9.17) is 11.6 Å². The fourth-order valence-electron chi connectivity index (χ4n) is 3.04. The Bertz CT molecular complexity index is 1130. The summed E-state index contributed by atoms with van der Waals surface area (Å²) in [5.41, 5.74) is 2.22. The summed E-state index contributed by atoms with van der Waals surface area (Å²) in [5, 5.41) is 4.47. The maximum Gasteiger partial charge on any atom is 0.262 e. The van der Waals surface area contributed by atoms with Crippen LogP contribution in [0.4, 0.5) is 11.4 Å². The molecule has 0 fully saturated rings.